The van der Waals surface area contributed by atoms with Crippen LogP contribution in [-0.2, 0) is 0 Å². The van der Waals surface area contributed by atoms with Crippen molar-refractivity contribution < 1.29 is 5.11 Å². The maximum atomic E-state index is 9.03. The number of aliphatic hydroxyl groups excluding tert-OH is 1. The second-order valence-corrected chi connectivity index (χ2v) is 4.96. The van der Waals surface area contributed by atoms with Crippen LogP contribution in [0.5, 0.6) is 0 Å². The van der Waals surface area contributed by atoms with Gasteiger partial charge in [-0.1, -0.05) is 30.3 Å². The fourth-order valence-electron chi connectivity index (χ4n) is 2.16. The van der Waals surface area contributed by atoms with E-state index in [1.807, 2.05) is 18.2 Å². The number of halogens is 2. The molecule has 18 heavy (non-hydrogen) atoms. The summed E-state index contributed by atoms with van der Waals surface area (Å²) in [6.07, 6.45) is 1.72. The third-order valence-electron chi connectivity index (χ3n) is 3.00. The van der Waals surface area contributed by atoms with Gasteiger partial charge in [-0.15, -0.1) is 23.2 Å². The van der Waals surface area contributed by atoms with E-state index in [9.17, 15) is 0 Å². The van der Waals surface area contributed by atoms with Gasteiger partial charge in [0.25, 0.3) is 0 Å². The van der Waals surface area contributed by atoms with E-state index in [-0.39, 0.29) is 12.6 Å². The first-order chi connectivity index (χ1) is 8.83. The maximum absolute atomic E-state index is 9.03. The van der Waals surface area contributed by atoms with Gasteiger partial charge in [-0.25, -0.2) is 0 Å². The molecule has 2 nitrogen and oxygen atoms in total. The number of alkyl halides is 2. The third kappa shape index (κ3) is 5.15. The Morgan fingerprint density at radius 2 is 1.67 bits per heavy atom. The Kier molecular flexibility index (Phi) is 8.44. The molecule has 1 N–H and O–H groups in total. The van der Waals surface area contributed by atoms with Gasteiger partial charge in [0, 0.05) is 37.5 Å². The largest absolute Gasteiger partial charge is 0.396 e. The summed E-state index contributed by atoms with van der Waals surface area (Å²) in [4.78, 5) is 2.30. The molecule has 0 aromatic heterocycles. The maximum Gasteiger partial charge on any atom is 0.0431 e. The first-order valence-electron chi connectivity index (χ1n) is 6.35. The molecule has 1 atom stereocenters. The lowest BCUT2D eigenvalue weighted by molar-refractivity contribution is 0.191. The molecule has 0 amide bonds. The summed E-state index contributed by atoms with van der Waals surface area (Å²) in [5.74, 6) is 1.19. The molecule has 4 heteroatoms. The van der Waals surface area contributed by atoms with Gasteiger partial charge < -0.3 is 5.11 Å². The van der Waals surface area contributed by atoms with Crippen molar-refractivity contribution in [2.24, 2.45) is 0 Å². The molecule has 1 unspecified atom stereocenters. The Bertz CT molecular complexity index is 302. The standard InChI is InChI=1S/C14H21Cl2NO/c15-8-10-17(11-9-16)14(7-4-12-18)13-5-2-1-3-6-13/h1-3,5-6,14,18H,4,7-12H2. The molecule has 0 bridgehead atoms. The zero-order chi connectivity index (χ0) is 13.2. The summed E-state index contributed by atoms with van der Waals surface area (Å²) in [5.41, 5.74) is 1.26. The van der Waals surface area contributed by atoms with Crippen LogP contribution in [0.15, 0.2) is 30.3 Å². The molecule has 0 saturated heterocycles. The molecule has 102 valence electrons. The highest BCUT2D eigenvalue weighted by atomic mass is 35.5. The summed E-state index contributed by atoms with van der Waals surface area (Å²) >= 11 is 11.7. The van der Waals surface area contributed by atoms with Crippen molar-refractivity contribution >= 4 is 23.2 Å². The van der Waals surface area contributed by atoms with E-state index in [1.54, 1.807) is 0 Å². The fraction of sp³-hybridized carbons (Fsp3) is 0.571. The van der Waals surface area contributed by atoms with E-state index in [1.165, 1.54) is 5.56 Å². The van der Waals surface area contributed by atoms with Crippen LogP contribution in [0.4, 0.5) is 0 Å². The Balaban J connectivity index is 2.80. The third-order valence-corrected chi connectivity index (χ3v) is 3.34. The molecular formula is C14H21Cl2NO. The van der Waals surface area contributed by atoms with Crippen molar-refractivity contribution in [3.63, 3.8) is 0 Å². The highest BCUT2D eigenvalue weighted by Gasteiger charge is 2.18. The van der Waals surface area contributed by atoms with Crippen LogP contribution in [0.1, 0.15) is 24.4 Å². The fourth-order valence-corrected chi connectivity index (χ4v) is 2.59. The summed E-state index contributed by atoms with van der Waals surface area (Å²) in [6, 6.07) is 10.6. The van der Waals surface area contributed by atoms with Crippen LogP contribution in [-0.4, -0.2) is 41.5 Å². The SMILES string of the molecule is OCCCC(c1ccccc1)N(CCCl)CCCl. The summed E-state index contributed by atoms with van der Waals surface area (Å²) in [5, 5.41) is 9.03. The molecule has 1 rings (SSSR count). The number of nitrogens with zero attached hydrogens (tertiary/aromatic N) is 1. The van der Waals surface area contributed by atoms with Crippen LogP contribution < -0.4 is 0 Å². The smallest absolute Gasteiger partial charge is 0.0431 e. The predicted molar refractivity (Wildman–Crippen MR) is 78.5 cm³/mol. The van der Waals surface area contributed by atoms with Crippen molar-refractivity contribution in [1.82, 2.24) is 4.90 Å². The van der Waals surface area contributed by atoms with Gasteiger partial charge in [0.05, 0.1) is 0 Å². The lowest BCUT2D eigenvalue weighted by Gasteiger charge is -2.31. The lowest BCUT2D eigenvalue weighted by Crippen LogP contribution is -2.32. The second kappa shape index (κ2) is 9.62. The van der Waals surface area contributed by atoms with Crippen molar-refractivity contribution in [1.29, 1.82) is 0 Å². The van der Waals surface area contributed by atoms with Crippen LogP contribution in [0.25, 0.3) is 0 Å². The Hall–Kier alpha value is -0.280. The molecule has 0 radical (unpaired) electrons. The average molecular weight is 290 g/mol. The van der Waals surface area contributed by atoms with Crippen molar-refractivity contribution in [3.05, 3.63) is 35.9 Å². The molecule has 1 aromatic rings. The van der Waals surface area contributed by atoms with Crippen LogP contribution in [0.2, 0.25) is 0 Å². The van der Waals surface area contributed by atoms with Gasteiger partial charge in [0.1, 0.15) is 0 Å². The van der Waals surface area contributed by atoms with E-state index in [0.29, 0.717) is 11.8 Å². The second-order valence-electron chi connectivity index (χ2n) is 4.21. The van der Waals surface area contributed by atoms with E-state index < -0.39 is 0 Å². The minimum atomic E-state index is 0.221. The molecular weight excluding hydrogens is 269 g/mol. The molecule has 0 spiro atoms. The first kappa shape index (κ1) is 15.8. The molecule has 0 aliphatic heterocycles. The van der Waals surface area contributed by atoms with E-state index >= 15 is 0 Å². The normalized spacial score (nSPS) is 12.9. The Morgan fingerprint density at radius 3 is 2.17 bits per heavy atom. The summed E-state index contributed by atoms with van der Waals surface area (Å²) in [7, 11) is 0. The zero-order valence-electron chi connectivity index (χ0n) is 10.6. The van der Waals surface area contributed by atoms with Crippen LogP contribution >= 0.6 is 23.2 Å². The number of benzene rings is 1. The molecule has 0 aliphatic rings. The highest BCUT2D eigenvalue weighted by Crippen LogP contribution is 2.25. The van der Waals surface area contributed by atoms with Crippen molar-refractivity contribution in [3.8, 4) is 0 Å². The van der Waals surface area contributed by atoms with Gasteiger partial charge >= 0.3 is 0 Å². The van der Waals surface area contributed by atoms with Crippen LogP contribution in [0.3, 0.4) is 0 Å². The van der Waals surface area contributed by atoms with Crippen molar-refractivity contribution in [2.45, 2.75) is 18.9 Å². The minimum absolute atomic E-state index is 0.221. The number of rotatable bonds is 9. The number of hydrogen-bond acceptors (Lipinski definition) is 2. The minimum Gasteiger partial charge on any atom is -0.396 e. The van der Waals surface area contributed by atoms with Gasteiger partial charge in [-0.2, -0.15) is 0 Å². The van der Waals surface area contributed by atoms with E-state index in [2.05, 4.69) is 17.0 Å². The molecule has 1 aromatic carbocycles. The molecule has 0 aliphatic carbocycles. The zero-order valence-corrected chi connectivity index (χ0v) is 12.1. The quantitative estimate of drug-likeness (QED) is 0.706. The van der Waals surface area contributed by atoms with E-state index in [0.717, 1.165) is 25.9 Å². The first-order valence-corrected chi connectivity index (χ1v) is 7.42. The topological polar surface area (TPSA) is 23.5 Å². The molecule has 0 saturated carbocycles. The predicted octanol–water partition coefficient (Wildman–Crippen LogP) is 3.28. The summed E-state index contributed by atoms with van der Waals surface area (Å²) in [6.45, 7) is 1.86. The monoisotopic (exact) mass is 289 g/mol. The van der Waals surface area contributed by atoms with E-state index in [4.69, 9.17) is 28.3 Å². The van der Waals surface area contributed by atoms with Gasteiger partial charge in [-0.05, 0) is 18.4 Å². The van der Waals surface area contributed by atoms with Gasteiger partial charge in [0.15, 0.2) is 0 Å². The van der Waals surface area contributed by atoms with Crippen LogP contribution in [0, 0.1) is 0 Å². The van der Waals surface area contributed by atoms with Crippen molar-refractivity contribution in [2.75, 3.05) is 31.5 Å². The molecule has 0 fully saturated rings. The Labute approximate surface area is 120 Å². The van der Waals surface area contributed by atoms with Gasteiger partial charge in [0.2, 0.25) is 0 Å². The number of hydrogen-bond donors (Lipinski definition) is 1. The highest BCUT2D eigenvalue weighted by molar-refractivity contribution is 6.18. The number of aliphatic hydroxyl groups is 1. The lowest BCUT2D eigenvalue weighted by atomic mass is 10.0. The summed E-state index contributed by atoms with van der Waals surface area (Å²) < 4.78 is 0. The molecule has 0 heterocycles. The van der Waals surface area contributed by atoms with Gasteiger partial charge in [-0.3, -0.25) is 4.90 Å². The average Bonchev–Trinajstić information content (AvgIpc) is 2.41. The Morgan fingerprint density at radius 1 is 1.06 bits per heavy atom.